The van der Waals surface area contributed by atoms with Gasteiger partial charge in [-0.3, -0.25) is 0 Å². The van der Waals surface area contributed by atoms with E-state index in [9.17, 15) is 4.79 Å². The highest BCUT2D eigenvalue weighted by atomic mass is 79.9. The zero-order valence-corrected chi connectivity index (χ0v) is 15.5. The van der Waals surface area contributed by atoms with Crippen molar-refractivity contribution in [2.75, 3.05) is 20.2 Å². The van der Waals surface area contributed by atoms with Crippen LogP contribution in [0, 0.1) is 0 Å². The number of ether oxygens (including phenoxy) is 2. The standard InChI is InChI=1S/C18H20BrN3O3/c1-24-15-5-2-13(3-6-15)10-21-18(23)22-9-8-16(12-22)25-17-7-4-14(19)11-20-17/h2-7,11,16H,8-10,12H2,1H3,(H,21,23). The van der Waals surface area contributed by atoms with Gasteiger partial charge in [0.2, 0.25) is 5.88 Å². The molecule has 7 heteroatoms. The van der Waals surface area contributed by atoms with E-state index in [4.69, 9.17) is 9.47 Å². The molecule has 6 nitrogen and oxygen atoms in total. The normalized spacial score (nSPS) is 16.6. The topological polar surface area (TPSA) is 63.7 Å². The van der Waals surface area contributed by atoms with E-state index in [0.29, 0.717) is 25.5 Å². The van der Waals surface area contributed by atoms with E-state index >= 15 is 0 Å². The fraction of sp³-hybridized carbons (Fsp3) is 0.333. The fourth-order valence-corrected chi connectivity index (χ4v) is 2.88. The summed E-state index contributed by atoms with van der Waals surface area (Å²) in [5.41, 5.74) is 1.03. The van der Waals surface area contributed by atoms with Crippen LogP contribution in [0.4, 0.5) is 4.79 Å². The van der Waals surface area contributed by atoms with Crippen molar-refractivity contribution >= 4 is 22.0 Å². The van der Waals surface area contributed by atoms with E-state index in [1.54, 1.807) is 18.2 Å². The average molecular weight is 406 g/mol. The summed E-state index contributed by atoms with van der Waals surface area (Å²) in [5, 5.41) is 2.94. The van der Waals surface area contributed by atoms with Gasteiger partial charge < -0.3 is 19.7 Å². The number of likely N-dealkylation sites (tertiary alicyclic amines) is 1. The number of pyridine rings is 1. The summed E-state index contributed by atoms with van der Waals surface area (Å²) in [6.45, 7) is 1.72. The second-order valence-corrected chi connectivity index (χ2v) is 6.71. The Morgan fingerprint density at radius 3 is 2.80 bits per heavy atom. The Morgan fingerprint density at radius 2 is 2.12 bits per heavy atom. The number of methoxy groups -OCH3 is 1. The first-order valence-electron chi connectivity index (χ1n) is 8.08. The minimum atomic E-state index is -0.0781. The van der Waals surface area contributed by atoms with Crippen molar-refractivity contribution in [3.8, 4) is 11.6 Å². The molecular weight excluding hydrogens is 386 g/mol. The molecule has 0 spiro atoms. The molecule has 1 fully saturated rings. The Labute approximate surface area is 155 Å². The van der Waals surface area contributed by atoms with E-state index in [1.165, 1.54) is 0 Å². The lowest BCUT2D eigenvalue weighted by molar-refractivity contribution is 0.183. The number of nitrogens with one attached hydrogen (secondary N) is 1. The number of halogens is 1. The number of carbonyl (C=O) groups excluding carboxylic acids is 1. The third-order valence-electron chi connectivity index (χ3n) is 4.02. The number of urea groups is 1. The first kappa shape index (κ1) is 17.5. The molecule has 0 aliphatic carbocycles. The molecule has 1 aliphatic rings. The second-order valence-electron chi connectivity index (χ2n) is 5.80. The van der Waals surface area contributed by atoms with Gasteiger partial charge in [0, 0.05) is 36.2 Å². The highest BCUT2D eigenvalue weighted by Crippen LogP contribution is 2.18. The molecular formula is C18H20BrN3O3. The summed E-state index contributed by atoms with van der Waals surface area (Å²) >= 11 is 3.35. The molecule has 0 saturated carbocycles. The number of rotatable bonds is 5. The van der Waals surface area contributed by atoms with Crippen molar-refractivity contribution in [2.45, 2.75) is 19.1 Å². The number of benzene rings is 1. The SMILES string of the molecule is COc1ccc(CNC(=O)N2CCC(Oc3ccc(Br)cn3)C2)cc1. The van der Waals surface area contributed by atoms with Crippen molar-refractivity contribution in [3.63, 3.8) is 0 Å². The van der Waals surface area contributed by atoms with E-state index < -0.39 is 0 Å². The second kappa shape index (κ2) is 8.20. The number of aromatic nitrogens is 1. The Morgan fingerprint density at radius 1 is 1.32 bits per heavy atom. The zero-order valence-electron chi connectivity index (χ0n) is 13.9. The molecule has 0 radical (unpaired) electrons. The Balaban J connectivity index is 1.46. The van der Waals surface area contributed by atoms with Crippen LogP contribution in [-0.2, 0) is 6.54 Å². The molecule has 2 aromatic rings. The molecule has 1 atom stereocenters. The van der Waals surface area contributed by atoms with Gasteiger partial charge in [-0.15, -0.1) is 0 Å². The highest BCUT2D eigenvalue weighted by molar-refractivity contribution is 9.10. The molecule has 1 aliphatic heterocycles. The average Bonchev–Trinajstić information content (AvgIpc) is 3.10. The molecule has 0 bridgehead atoms. The van der Waals surface area contributed by atoms with Crippen LogP contribution in [0.3, 0.4) is 0 Å². The predicted molar refractivity (Wildman–Crippen MR) is 97.8 cm³/mol. The molecule has 3 rings (SSSR count). The van der Waals surface area contributed by atoms with Crippen LogP contribution in [0.15, 0.2) is 47.1 Å². The maximum Gasteiger partial charge on any atom is 0.317 e. The number of amides is 2. The summed E-state index contributed by atoms with van der Waals surface area (Å²) < 4.78 is 11.9. The van der Waals surface area contributed by atoms with E-state index in [0.717, 1.165) is 22.2 Å². The van der Waals surface area contributed by atoms with Gasteiger partial charge in [-0.2, -0.15) is 0 Å². The summed E-state index contributed by atoms with van der Waals surface area (Å²) in [7, 11) is 1.63. The fourth-order valence-electron chi connectivity index (χ4n) is 2.64. The third kappa shape index (κ3) is 4.85. The Kier molecular flexibility index (Phi) is 5.75. The van der Waals surface area contributed by atoms with Gasteiger partial charge in [0.05, 0.1) is 13.7 Å². The number of nitrogens with zero attached hydrogens (tertiary/aromatic N) is 2. The van der Waals surface area contributed by atoms with Gasteiger partial charge in [0.15, 0.2) is 0 Å². The first-order valence-corrected chi connectivity index (χ1v) is 8.87. The summed E-state index contributed by atoms with van der Waals surface area (Å²) in [6.07, 6.45) is 2.47. The van der Waals surface area contributed by atoms with E-state index in [-0.39, 0.29) is 12.1 Å². The van der Waals surface area contributed by atoms with Crippen LogP contribution < -0.4 is 14.8 Å². The summed E-state index contributed by atoms with van der Waals surface area (Å²) in [4.78, 5) is 18.3. The van der Waals surface area contributed by atoms with E-state index in [2.05, 4.69) is 26.2 Å². The molecule has 1 N–H and O–H groups in total. The minimum absolute atomic E-state index is 0.0274. The van der Waals surface area contributed by atoms with Crippen molar-refractivity contribution in [3.05, 3.63) is 52.6 Å². The quantitative estimate of drug-likeness (QED) is 0.829. The van der Waals surface area contributed by atoms with E-state index in [1.807, 2.05) is 36.4 Å². The molecule has 2 heterocycles. The molecule has 2 amide bonds. The predicted octanol–water partition coefficient (Wildman–Crippen LogP) is 3.22. The van der Waals surface area contributed by atoms with Crippen LogP contribution in [0.5, 0.6) is 11.6 Å². The maximum absolute atomic E-state index is 12.3. The number of carbonyl (C=O) groups is 1. The highest BCUT2D eigenvalue weighted by Gasteiger charge is 2.27. The van der Waals surface area contributed by atoms with Gasteiger partial charge in [-0.1, -0.05) is 12.1 Å². The smallest absolute Gasteiger partial charge is 0.317 e. The number of hydrogen-bond donors (Lipinski definition) is 1. The summed E-state index contributed by atoms with van der Waals surface area (Å²) in [6, 6.07) is 11.3. The molecule has 1 saturated heterocycles. The van der Waals surface area contributed by atoms with Crippen LogP contribution in [-0.4, -0.2) is 42.2 Å². The minimum Gasteiger partial charge on any atom is -0.497 e. The van der Waals surface area contributed by atoms with Gasteiger partial charge in [0.25, 0.3) is 0 Å². The van der Waals surface area contributed by atoms with Crippen LogP contribution in [0.1, 0.15) is 12.0 Å². The van der Waals surface area contributed by atoms with Crippen molar-refractivity contribution in [1.82, 2.24) is 15.2 Å². The molecule has 132 valence electrons. The lowest BCUT2D eigenvalue weighted by Crippen LogP contribution is -2.39. The number of hydrogen-bond acceptors (Lipinski definition) is 4. The lowest BCUT2D eigenvalue weighted by atomic mass is 10.2. The van der Waals surface area contributed by atoms with Crippen molar-refractivity contribution in [2.24, 2.45) is 0 Å². The van der Waals surface area contributed by atoms with Gasteiger partial charge >= 0.3 is 6.03 Å². The van der Waals surface area contributed by atoms with Crippen molar-refractivity contribution in [1.29, 1.82) is 0 Å². The largest absolute Gasteiger partial charge is 0.497 e. The van der Waals surface area contributed by atoms with Gasteiger partial charge in [0.1, 0.15) is 11.9 Å². The van der Waals surface area contributed by atoms with Gasteiger partial charge in [-0.25, -0.2) is 9.78 Å². The Bertz CT molecular complexity index is 707. The molecule has 1 unspecified atom stereocenters. The molecule has 1 aromatic carbocycles. The Hall–Kier alpha value is -2.28. The van der Waals surface area contributed by atoms with Crippen molar-refractivity contribution < 1.29 is 14.3 Å². The van der Waals surface area contributed by atoms with Crippen LogP contribution in [0.2, 0.25) is 0 Å². The lowest BCUT2D eigenvalue weighted by Gasteiger charge is -2.18. The summed E-state index contributed by atoms with van der Waals surface area (Å²) in [5.74, 6) is 1.38. The molecule has 1 aromatic heterocycles. The first-order chi connectivity index (χ1) is 12.1. The van der Waals surface area contributed by atoms with Crippen LogP contribution in [0.25, 0.3) is 0 Å². The van der Waals surface area contributed by atoms with Gasteiger partial charge in [-0.05, 0) is 39.7 Å². The zero-order chi connectivity index (χ0) is 17.6. The molecule has 25 heavy (non-hydrogen) atoms. The third-order valence-corrected chi connectivity index (χ3v) is 4.49. The maximum atomic E-state index is 12.3. The van der Waals surface area contributed by atoms with Crippen LogP contribution >= 0.6 is 15.9 Å². The monoisotopic (exact) mass is 405 g/mol.